The molecule has 8 heteroatoms. The third-order valence-corrected chi connectivity index (χ3v) is 5.07. The molecule has 3 rings (SSSR count). The van der Waals surface area contributed by atoms with Gasteiger partial charge in [-0.1, -0.05) is 18.2 Å². The SMILES string of the molecule is CN(CCC[C@@]1(c2ccc(F)cc2)OCc2cc(C#N)ccc21)C(=O)C(F)(F)F. The van der Waals surface area contributed by atoms with Crippen LogP contribution in [0, 0.1) is 17.1 Å². The molecular formula is C21H18F4N2O2. The van der Waals surface area contributed by atoms with Crippen molar-refractivity contribution in [1.29, 1.82) is 5.26 Å². The molecular weight excluding hydrogens is 388 g/mol. The van der Waals surface area contributed by atoms with Gasteiger partial charge in [0.2, 0.25) is 0 Å². The fourth-order valence-corrected chi connectivity index (χ4v) is 3.65. The van der Waals surface area contributed by atoms with E-state index < -0.39 is 23.5 Å². The minimum absolute atomic E-state index is 0.115. The van der Waals surface area contributed by atoms with Crippen molar-refractivity contribution < 1.29 is 27.1 Å². The van der Waals surface area contributed by atoms with Gasteiger partial charge in [0.1, 0.15) is 11.4 Å². The van der Waals surface area contributed by atoms with Gasteiger partial charge in [-0.3, -0.25) is 4.79 Å². The third-order valence-electron chi connectivity index (χ3n) is 5.07. The molecule has 1 heterocycles. The molecule has 0 N–H and O–H groups in total. The van der Waals surface area contributed by atoms with Crippen molar-refractivity contribution in [1.82, 2.24) is 4.90 Å². The van der Waals surface area contributed by atoms with Crippen molar-refractivity contribution in [3.63, 3.8) is 0 Å². The van der Waals surface area contributed by atoms with Crippen molar-refractivity contribution in [2.45, 2.75) is 31.2 Å². The number of benzene rings is 2. The smallest absolute Gasteiger partial charge is 0.361 e. The van der Waals surface area contributed by atoms with Crippen molar-refractivity contribution in [2.24, 2.45) is 0 Å². The molecule has 1 aliphatic rings. The zero-order chi connectivity index (χ0) is 21.2. The van der Waals surface area contributed by atoms with Crippen LogP contribution in [0.2, 0.25) is 0 Å². The predicted octanol–water partition coefficient (Wildman–Crippen LogP) is 4.27. The average molecular weight is 406 g/mol. The van der Waals surface area contributed by atoms with Gasteiger partial charge >= 0.3 is 12.1 Å². The van der Waals surface area contributed by atoms with Crippen LogP contribution in [-0.4, -0.2) is 30.6 Å². The third kappa shape index (κ3) is 4.10. The molecule has 1 atom stereocenters. The Hall–Kier alpha value is -2.92. The highest BCUT2D eigenvalue weighted by atomic mass is 19.4. The van der Waals surface area contributed by atoms with Gasteiger partial charge in [0.05, 0.1) is 18.2 Å². The quantitative estimate of drug-likeness (QED) is 0.697. The zero-order valence-corrected chi connectivity index (χ0v) is 15.6. The number of fused-ring (bicyclic) bond motifs is 1. The minimum atomic E-state index is -4.92. The summed E-state index contributed by atoms with van der Waals surface area (Å²) in [4.78, 5) is 12.0. The second-order valence-electron chi connectivity index (χ2n) is 6.93. The standard InChI is InChI=1S/C21H18F4N2O2/c1-27(19(28)21(23,24)25)10-2-9-20(16-4-6-17(22)7-5-16)18-8-3-14(12-26)11-15(18)13-29-20/h3-8,11H,2,9-10,13H2,1H3/t20-/m0/s1. The van der Waals surface area contributed by atoms with E-state index in [9.17, 15) is 22.4 Å². The van der Waals surface area contributed by atoms with E-state index in [1.54, 1.807) is 30.3 Å². The number of hydrogen-bond donors (Lipinski definition) is 0. The summed E-state index contributed by atoms with van der Waals surface area (Å²) < 4.78 is 57.3. The second kappa shape index (κ2) is 7.84. The molecule has 0 spiro atoms. The first kappa shape index (κ1) is 20.8. The summed E-state index contributed by atoms with van der Waals surface area (Å²) in [5.74, 6) is -2.32. The van der Waals surface area contributed by atoms with E-state index >= 15 is 0 Å². The van der Waals surface area contributed by atoms with Gasteiger partial charge in [-0.05, 0) is 53.8 Å². The van der Waals surface area contributed by atoms with Crippen molar-refractivity contribution in [3.05, 3.63) is 70.5 Å². The summed E-state index contributed by atoms with van der Waals surface area (Å²) >= 11 is 0. The molecule has 2 aromatic carbocycles. The van der Waals surface area contributed by atoms with Crippen LogP contribution in [0.1, 0.15) is 35.1 Å². The van der Waals surface area contributed by atoms with Crippen LogP contribution in [0.25, 0.3) is 0 Å². The maximum Gasteiger partial charge on any atom is 0.471 e. The molecule has 0 radical (unpaired) electrons. The number of halogens is 4. The lowest BCUT2D eigenvalue weighted by molar-refractivity contribution is -0.184. The Morgan fingerprint density at radius 2 is 1.93 bits per heavy atom. The first-order chi connectivity index (χ1) is 13.7. The Bertz CT molecular complexity index is 951. The lowest BCUT2D eigenvalue weighted by Crippen LogP contribution is -2.39. The molecule has 0 unspecified atom stereocenters. The van der Waals surface area contributed by atoms with Crippen LogP contribution in [-0.2, 0) is 21.7 Å². The summed E-state index contributed by atoms with van der Waals surface area (Å²) in [6.07, 6.45) is -4.41. The number of nitrogens with zero attached hydrogens (tertiary/aromatic N) is 2. The van der Waals surface area contributed by atoms with Gasteiger partial charge in [-0.25, -0.2) is 4.39 Å². The number of alkyl halides is 3. The second-order valence-corrected chi connectivity index (χ2v) is 6.93. The van der Waals surface area contributed by atoms with Crippen LogP contribution in [0.15, 0.2) is 42.5 Å². The van der Waals surface area contributed by atoms with E-state index in [-0.39, 0.29) is 26.0 Å². The molecule has 0 aliphatic carbocycles. The normalized spacial score (nSPS) is 18.2. The Morgan fingerprint density at radius 3 is 2.55 bits per heavy atom. The maximum absolute atomic E-state index is 13.4. The number of hydrogen-bond acceptors (Lipinski definition) is 3. The largest absolute Gasteiger partial charge is 0.471 e. The molecule has 4 nitrogen and oxygen atoms in total. The Kier molecular flexibility index (Phi) is 5.62. The summed E-state index contributed by atoms with van der Waals surface area (Å²) in [5, 5.41) is 9.10. The highest BCUT2D eigenvalue weighted by Crippen LogP contribution is 2.45. The topological polar surface area (TPSA) is 53.3 Å². The van der Waals surface area contributed by atoms with E-state index in [0.29, 0.717) is 16.0 Å². The number of amides is 1. The van der Waals surface area contributed by atoms with E-state index in [4.69, 9.17) is 10.00 Å². The van der Waals surface area contributed by atoms with Gasteiger partial charge in [-0.15, -0.1) is 0 Å². The number of rotatable bonds is 5. The molecule has 0 aromatic heterocycles. The Balaban J connectivity index is 1.88. The van der Waals surface area contributed by atoms with E-state index in [0.717, 1.165) is 18.2 Å². The molecule has 0 saturated heterocycles. The number of carbonyl (C=O) groups is 1. The van der Waals surface area contributed by atoms with E-state index in [2.05, 4.69) is 6.07 Å². The van der Waals surface area contributed by atoms with Gasteiger partial charge in [0, 0.05) is 13.6 Å². The van der Waals surface area contributed by atoms with Gasteiger partial charge in [-0.2, -0.15) is 18.4 Å². The summed E-state index contributed by atoms with van der Waals surface area (Å²) in [5.41, 5.74) is 1.73. The molecule has 2 aromatic rings. The van der Waals surface area contributed by atoms with Crippen LogP contribution in [0.5, 0.6) is 0 Å². The number of carbonyl (C=O) groups excluding carboxylic acids is 1. The summed E-state index contributed by atoms with van der Waals surface area (Å²) in [6, 6.07) is 12.9. The molecule has 0 bridgehead atoms. The van der Waals surface area contributed by atoms with Crippen LogP contribution >= 0.6 is 0 Å². The molecule has 0 fully saturated rings. The highest BCUT2D eigenvalue weighted by Gasteiger charge is 2.43. The molecule has 29 heavy (non-hydrogen) atoms. The first-order valence-corrected chi connectivity index (χ1v) is 8.93. The van der Waals surface area contributed by atoms with E-state index in [1.165, 1.54) is 12.1 Å². The van der Waals surface area contributed by atoms with Gasteiger partial charge < -0.3 is 9.64 Å². The van der Waals surface area contributed by atoms with Crippen LogP contribution < -0.4 is 0 Å². The Morgan fingerprint density at radius 1 is 1.24 bits per heavy atom. The number of nitriles is 1. The summed E-state index contributed by atoms with van der Waals surface area (Å²) in [7, 11) is 1.10. The minimum Gasteiger partial charge on any atom is -0.361 e. The molecule has 152 valence electrons. The highest BCUT2D eigenvalue weighted by molar-refractivity contribution is 5.81. The fourth-order valence-electron chi connectivity index (χ4n) is 3.65. The first-order valence-electron chi connectivity index (χ1n) is 8.93. The monoisotopic (exact) mass is 406 g/mol. The molecule has 0 saturated carbocycles. The van der Waals surface area contributed by atoms with Crippen LogP contribution in [0.3, 0.4) is 0 Å². The maximum atomic E-state index is 13.4. The molecule has 1 aliphatic heterocycles. The zero-order valence-electron chi connectivity index (χ0n) is 15.6. The lowest BCUT2D eigenvalue weighted by Gasteiger charge is -2.31. The van der Waals surface area contributed by atoms with Crippen molar-refractivity contribution in [3.8, 4) is 6.07 Å². The Labute approximate surface area is 165 Å². The lowest BCUT2D eigenvalue weighted by atomic mass is 9.81. The van der Waals surface area contributed by atoms with Gasteiger partial charge in [0.15, 0.2) is 0 Å². The van der Waals surface area contributed by atoms with Crippen molar-refractivity contribution >= 4 is 5.91 Å². The average Bonchev–Trinajstić information content (AvgIpc) is 3.06. The fraction of sp³-hybridized carbons (Fsp3) is 0.333. The predicted molar refractivity (Wildman–Crippen MR) is 96.1 cm³/mol. The number of ether oxygens (including phenoxy) is 1. The van der Waals surface area contributed by atoms with E-state index in [1.807, 2.05) is 0 Å². The van der Waals surface area contributed by atoms with Crippen LogP contribution in [0.4, 0.5) is 17.6 Å². The van der Waals surface area contributed by atoms with Crippen molar-refractivity contribution in [2.75, 3.05) is 13.6 Å². The summed E-state index contributed by atoms with van der Waals surface area (Å²) in [6.45, 7) is 0.107. The van der Waals surface area contributed by atoms with Gasteiger partial charge in [0.25, 0.3) is 0 Å². The molecule has 1 amide bonds.